The van der Waals surface area contributed by atoms with Gasteiger partial charge in [-0.2, -0.15) is 0 Å². The van der Waals surface area contributed by atoms with Gasteiger partial charge in [-0.3, -0.25) is 9.59 Å². The summed E-state index contributed by atoms with van der Waals surface area (Å²) in [5.74, 6) is -0.292. The van der Waals surface area contributed by atoms with Gasteiger partial charge in [0.1, 0.15) is 0 Å². The summed E-state index contributed by atoms with van der Waals surface area (Å²) in [7, 11) is 3.43. The lowest BCUT2D eigenvalue weighted by Gasteiger charge is -2.31. The lowest BCUT2D eigenvalue weighted by atomic mass is 9.97. The Labute approximate surface area is 135 Å². The zero-order chi connectivity index (χ0) is 16.3. The van der Waals surface area contributed by atoms with E-state index in [0.717, 1.165) is 36.4 Å². The molecule has 1 unspecified atom stereocenters. The van der Waals surface area contributed by atoms with Crippen molar-refractivity contribution in [3.05, 3.63) is 28.2 Å². The summed E-state index contributed by atoms with van der Waals surface area (Å²) in [5.41, 5.74) is 1.15. The van der Waals surface area contributed by atoms with Gasteiger partial charge in [0.15, 0.2) is 0 Å². The van der Waals surface area contributed by atoms with Crippen LogP contribution in [0.25, 0.3) is 0 Å². The van der Waals surface area contributed by atoms with E-state index < -0.39 is 0 Å². The first-order valence-corrected chi connectivity index (χ1v) is 8.41. The van der Waals surface area contributed by atoms with Crippen LogP contribution in [-0.4, -0.2) is 47.2 Å². The highest BCUT2D eigenvalue weighted by Crippen LogP contribution is 2.37. The summed E-state index contributed by atoms with van der Waals surface area (Å²) in [5, 5.41) is 1.14. The minimum Gasteiger partial charge on any atom is -0.336 e. The summed E-state index contributed by atoms with van der Waals surface area (Å²) in [4.78, 5) is 33.0. The average molecular weight is 321 g/mol. The first-order chi connectivity index (χ1) is 10.5. The van der Waals surface area contributed by atoms with Gasteiger partial charge < -0.3 is 9.80 Å². The maximum atomic E-state index is 12.4. The van der Waals surface area contributed by atoms with Crippen LogP contribution in [0.15, 0.2) is 12.7 Å². The van der Waals surface area contributed by atoms with E-state index in [-0.39, 0.29) is 24.4 Å². The topological polar surface area (TPSA) is 53.5 Å². The largest absolute Gasteiger partial charge is 0.336 e. The molecule has 0 fully saturated rings. The lowest BCUT2D eigenvalue weighted by molar-refractivity contribution is -0.138. The highest BCUT2D eigenvalue weighted by atomic mass is 32.1. The van der Waals surface area contributed by atoms with E-state index >= 15 is 0 Å². The minimum atomic E-state index is -0.239. The minimum absolute atomic E-state index is 0.0537. The molecular weight excluding hydrogens is 298 g/mol. The Kier molecular flexibility index (Phi) is 5.34. The highest BCUT2D eigenvalue weighted by Gasteiger charge is 2.30. The Balaban J connectivity index is 2.11. The Morgan fingerprint density at radius 1 is 1.45 bits per heavy atom. The van der Waals surface area contributed by atoms with Gasteiger partial charge in [0, 0.05) is 14.1 Å². The van der Waals surface area contributed by atoms with Gasteiger partial charge in [-0.05, 0) is 31.8 Å². The maximum Gasteiger partial charge on any atom is 0.246 e. The Bertz CT molecular complexity index is 582. The quantitative estimate of drug-likeness (QED) is 0.781. The molecule has 2 amide bonds. The summed E-state index contributed by atoms with van der Waals surface area (Å²) < 4.78 is 0. The summed E-state index contributed by atoms with van der Waals surface area (Å²) in [6.45, 7) is 5.62. The van der Waals surface area contributed by atoms with Crippen LogP contribution < -0.4 is 0 Å². The van der Waals surface area contributed by atoms with Gasteiger partial charge in [-0.1, -0.05) is 13.5 Å². The highest BCUT2D eigenvalue weighted by molar-refractivity contribution is 7.11. The summed E-state index contributed by atoms with van der Waals surface area (Å²) >= 11 is 1.72. The summed E-state index contributed by atoms with van der Waals surface area (Å²) in [6.07, 6.45) is 5.16. The number of thiazole rings is 1. The van der Waals surface area contributed by atoms with Crippen molar-refractivity contribution >= 4 is 23.2 Å². The number of aromatic nitrogens is 1. The fourth-order valence-corrected chi connectivity index (χ4v) is 3.92. The van der Waals surface area contributed by atoms with Gasteiger partial charge in [0.25, 0.3) is 0 Å². The number of hydrogen-bond donors (Lipinski definition) is 0. The second kappa shape index (κ2) is 7.05. The van der Waals surface area contributed by atoms with Gasteiger partial charge in [-0.25, -0.2) is 4.98 Å². The third kappa shape index (κ3) is 3.38. The third-order valence-corrected chi connectivity index (χ3v) is 5.40. The molecule has 0 spiro atoms. The predicted molar refractivity (Wildman–Crippen MR) is 87.8 cm³/mol. The average Bonchev–Trinajstić information content (AvgIpc) is 2.96. The van der Waals surface area contributed by atoms with Crippen LogP contribution >= 0.6 is 11.3 Å². The van der Waals surface area contributed by atoms with Crippen LogP contribution in [-0.2, 0) is 22.4 Å². The van der Waals surface area contributed by atoms with E-state index in [1.165, 1.54) is 15.9 Å². The molecular formula is C16H23N3O2S. The normalized spacial score (nSPS) is 16.8. The van der Waals surface area contributed by atoms with Crippen molar-refractivity contribution in [1.29, 1.82) is 0 Å². The first kappa shape index (κ1) is 16.7. The third-order valence-electron chi connectivity index (χ3n) is 4.05. The van der Waals surface area contributed by atoms with Crippen molar-refractivity contribution in [1.82, 2.24) is 14.8 Å². The van der Waals surface area contributed by atoms with E-state index in [9.17, 15) is 9.59 Å². The van der Waals surface area contributed by atoms with Crippen molar-refractivity contribution in [3.8, 4) is 0 Å². The van der Waals surface area contributed by atoms with E-state index in [0.29, 0.717) is 0 Å². The molecule has 6 heteroatoms. The molecule has 1 aromatic rings. The van der Waals surface area contributed by atoms with Crippen LogP contribution in [0.2, 0.25) is 0 Å². The number of likely N-dealkylation sites (N-methyl/N-ethyl adjacent to an activating group) is 2. The molecule has 0 aliphatic heterocycles. The Morgan fingerprint density at radius 3 is 2.82 bits per heavy atom. The van der Waals surface area contributed by atoms with E-state index in [1.54, 1.807) is 23.3 Å². The number of carbonyl (C=O) groups is 2. The Hall–Kier alpha value is -1.69. The molecule has 0 saturated heterocycles. The molecule has 0 aromatic carbocycles. The second-order valence-electron chi connectivity index (χ2n) is 5.58. The smallest absolute Gasteiger partial charge is 0.246 e. The fourth-order valence-electron chi connectivity index (χ4n) is 2.69. The van der Waals surface area contributed by atoms with Gasteiger partial charge in [0.2, 0.25) is 11.8 Å². The zero-order valence-electron chi connectivity index (χ0n) is 13.5. The van der Waals surface area contributed by atoms with E-state index in [1.807, 2.05) is 7.05 Å². The maximum absolute atomic E-state index is 12.4. The first-order valence-electron chi connectivity index (χ1n) is 7.59. The molecule has 0 radical (unpaired) electrons. The second-order valence-corrected chi connectivity index (χ2v) is 6.70. The molecule has 1 aliphatic rings. The molecule has 1 atom stereocenters. The lowest BCUT2D eigenvalue weighted by Crippen LogP contribution is -2.41. The number of aryl methyl sites for hydroxylation is 2. The zero-order valence-corrected chi connectivity index (χ0v) is 14.3. The molecule has 0 bridgehead atoms. The van der Waals surface area contributed by atoms with E-state index in [4.69, 9.17) is 0 Å². The molecule has 1 aliphatic carbocycles. The van der Waals surface area contributed by atoms with Crippen LogP contribution in [0.5, 0.6) is 0 Å². The van der Waals surface area contributed by atoms with Gasteiger partial charge >= 0.3 is 0 Å². The van der Waals surface area contributed by atoms with Crippen LogP contribution in [0.3, 0.4) is 0 Å². The number of nitrogens with zero attached hydrogens (tertiary/aromatic N) is 3. The fraction of sp³-hybridized carbons (Fsp3) is 0.562. The number of carbonyl (C=O) groups excluding carboxylic acids is 2. The van der Waals surface area contributed by atoms with Gasteiger partial charge in [-0.15, -0.1) is 11.3 Å². The summed E-state index contributed by atoms with van der Waals surface area (Å²) in [6, 6.07) is 0.0845. The van der Waals surface area contributed by atoms with Crippen LogP contribution in [0.4, 0.5) is 0 Å². The van der Waals surface area contributed by atoms with Crippen molar-refractivity contribution in [2.24, 2.45) is 0 Å². The predicted octanol–water partition coefficient (Wildman–Crippen LogP) is 2.19. The standard InChI is InChI=1S/C16H23N3O2S/c1-5-13-17-11-8-7-9-12(16(11)22-13)19(4)15(21)10-18(3)14(20)6-2/h6,12H,2,5,7-10H2,1,3-4H3. The van der Waals surface area contributed by atoms with Crippen LogP contribution in [0, 0.1) is 0 Å². The number of hydrogen-bond acceptors (Lipinski definition) is 4. The SMILES string of the molecule is C=CC(=O)N(C)CC(=O)N(C)C1CCCc2nc(CC)sc21. The molecule has 120 valence electrons. The molecule has 1 aromatic heterocycles. The monoisotopic (exact) mass is 321 g/mol. The van der Waals surface area contributed by atoms with Crippen molar-refractivity contribution < 1.29 is 9.59 Å². The molecule has 22 heavy (non-hydrogen) atoms. The van der Waals surface area contributed by atoms with Gasteiger partial charge in [0.05, 0.1) is 28.2 Å². The Morgan fingerprint density at radius 2 is 2.18 bits per heavy atom. The molecule has 5 nitrogen and oxygen atoms in total. The molecule has 2 rings (SSSR count). The van der Waals surface area contributed by atoms with Crippen molar-refractivity contribution in [3.63, 3.8) is 0 Å². The number of fused-ring (bicyclic) bond motifs is 1. The number of rotatable bonds is 5. The molecule has 0 N–H and O–H groups in total. The van der Waals surface area contributed by atoms with E-state index in [2.05, 4.69) is 18.5 Å². The molecule has 0 saturated carbocycles. The van der Waals surface area contributed by atoms with Crippen molar-refractivity contribution in [2.45, 2.75) is 38.6 Å². The van der Waals surface area contributed by atoms with Crippen molar-refractivity contribution in [2.75, 3.05) is 20.6 Å². The molecule has 1 heterocycles. The number of amides is 2. The van der Waals surface area contributed by atoms with Crippen LogP contribution in [0.1, 0.15) is 41.4 Å².